The standard InChI is InChI=1S/C11H21N3O3/c1-8(12)14-9(15)6-5-7-13-10(16)17-11(2,3)4/h5-7H2,1-4H3,(H,13,16)(H2,12,14,15). The maximum atomic E-state index is 11.2. The Labute approximate surface area is 102 Å². The number of alkyl carbamates (subject to hydrolysis) is 1. The van der Waals surface area contributed by atoms with Gasteiger partial charge >= 0.3 is 6.09 Å². The first-order chi connectivity index (χ1) is 7.70. The van der Waals surface area contributed by atoms with Crippen molar-refractivity contribution in [2.75, 3.05) is 6.54 Å². The molecule has 3 N–H and O–H groups in total. The largest absolute Gasteiger partial charge is 0.444 e. The van der Waals surface area contributed by atoms with E-state index in [1.54, 1.807) is 27.7 Å². The van der Waals surface area contributed by atoms with E-state index in [4.69, 9.17) is 10.5 Å². The summed E-state index contributed by atoms with van der Waals surface area (Å²) in [6.45, 7) is 7.29. The molecular weight excluding hydrogens is 222 g/mol. The molecule has 0 aromatic heterocycles. The monoisotopic (exact) mass is 243 g/mol. The van der Waals surface area contributed by atoms with Gasteiger partial charge in [-0.15, -0.1) is 0 Å². The molecule has 0 aliphatic rings. The molecule has 17 heavy (non-hydrogen) atoms. The Kier molecular flexibility index (Phi) is 6.23. The number of nitrogens with two attached hydrogens (primary N) is 1. The summed E-state index contributed by atoms with van der Waals surface area (Å²) in [5.74, 6) is -0.0360. The van der Waals surface area contributed by atoms with E-state index >= 15 is 0 Å². The van der Waals surface area contributed by atoms with Gasteiger partial charge in [0.15, 0.2) is 0 Å². The van der Waals surface area contributed by atoms with E-state index < -0.39 is 11.7 Å². The lowest BCUT2D eigenvalue weighted by Crippen LogP contribution is -2.33. The van der Waals surface area contributed by atoms with Crippen LogP contribution in [0.15, 0.2) is 4.99 Å². The van der Waals surface area contributed by atoms with Crippen LogP contribution in [0.3, 0.4) is 0 Å². The van der Waals surface area contributed by atoms with Crippen LogP contribution in [-0.4, -0.2) is 30.0 Å². The Hall–Kier alpha value is -1.59. The number of nitrogens with one attached hydrogen (secondary N) is 1. The van der Waals surface area contributed by atoms with Crippen molar-refractivity contribution < 1.29 is 14.3 Å². The lowest BCUT2D eigenvalue weighted by molar-refractivity contribution is -0.117. The third kappa shape index (κ3) is 10.7. The van der Waals surface area contributed by atoms with Crippen molar-refractivity contribution in [1.29, 1.82) is 0 Å². The van der Waals surface area contributed by atoms with E-state index in [1.807, 2.05) is 0 Å². The Morgan fingerprint density at radius 3 is 2.41 bits per heavy atom. The van der Waals surface area contributed by atoms with Crippen molar-refractivity contribution >= 4 is 17.8 Å². The van der Waals surface area contributed by atoms with Crippen LogP contribution in [0.2, 0.25) is 0 Å². The zero-order valence-electron chi connectivity index (χ0n) is 10.9. The summed E-state index contributed by atoms with van der Waals surface area (Å²) < 4.78 is 5.03. The van der Waals surface area contributed by atoms with Gasteiger partial charge < -0.3 is 15.8 Å². The van der Waals surface area contributed by atoms with E-state index in [0.717, 1.165) is 0 Å². The number of nitrogens with zero attached hydrogens (tertiary/aromatic N) is 1. The molecule has 0 heterocycles. The van der Waals surface area contributed by atoms with Crippen LogP contribution in [0.25, 0.3) is 0 Å². The minimum atomic E-state index is -0.513. The number of hydrogen-bond acceptors (Lipinski definition) is 3. The van der Waals surface area contributed by atoms with Crippen LogP contribution < -0.4 is 11.1 Å². The SMILES string of the molecule is CC(N)=NC(=O)CCCNC(=O)OC(C)(C)C. The third-order valence-electron chi connectivity index (χ3n) is 1.54. The fraction of sp³-hybridized carbons (Fsp3) is 0.727. The van der Waals surface area contributed by atoms with Gasteiger partial charge in [0.2, 0.25) is 5.91 Å². The molecule has 98 valence electrons. The molecule has 0 bridgehead atoms. The molecule has 2 amide bonds. The second-order valence-electron chi connectivity index (χ2n) is 4.68. The molecule has 6 nitrogen and oxygen atoms in total. The minimum absolute atomic E-state index is 0.245. The highest BCUT2D eigenvalue weighted by atomic mass is 16.6. The van der Waals surface area contributed by atoms with E-state index in [1.165, 1.54) is 0 Å². The molecule has 0 rings (SSSR count). The first-order valence-electron chi connectivity index (χ1n) is 5.51. The highest BCUT2D eigenvalue weighted by Gasteiger charge is 2.15. The van der Waals surface area contributed by atoms with Gasteiger partial charge in [-0.2, -0.15) is 0 Å². The zero-order chi connectivity index (χ0) is 13.5. The smallest absolute Gasteiger partial charge is 0.407 e. The normalized spacial score (nSPS) is 12.1. The number of aliphatic imine (C=N–C) groups is 1. The van der Waals surface area contributed by atoms with Crippen LogP contribution in [0.4, 0.5) is 4.79 Å². The Bertz CT molecular complexity index is 302. The first-order valence-corrected chi connectivity index (χ1v) is 5.51. The van der Waals surface area contributed by atoms with Gasteiger partial charge in [-0.05, 0) is 34.1 Å². The third-order valence-corrected chi connectivity index (χ3v) is 1.54. The minimum Gasteiger partial charge on any atom is -0.444 e. The summed E-state index contributed by atoms with van der Waals surface area (Å²) in [4.78, 5) is 25.9. The fourth-order valence-corrected chi connectivity index (χ4v) is 0.997. The van der Waals surface area contributed by atoms with E-state index in [2.05, 4.69) is 10.3 Å². The van der Waals surface area contributed by atoms with Crippen LogP contribution >= 0.6 is 0 Å². The number of amides is 2. The van der Waals surface area contributed by atoms with E-state index in [9.17, 15) is 9.59 Å². The van der Waals surface area contributed by atoms with Crippen LogP contribution in [0.1, 0.15) is 40.5 Å². The van der Waals surface area contributed by atoms with Gasteiger partial charge in [0.05, 0.1) is 5.84 Å². The van der Waals surface area contributed by atoms with Crippen LogP contribution in [-0.2, 0) is 9.53 Å². The van der Waals surface area contributed by atoms with Gasteiger partial charge in [-0.1, -0.05) is 0 Å². The number of hydrogen-bond donors (Lipinski definition) is 2. The van der Waals surface area contributed by atoms with Crippen molar-refractivity contribution in [3.05, 3.63) is 0 Å². The molecule has 0 fully saturated rings. The predicted molar refractivity (Wildman–Crippen MR) is 65.8 cm³/mol. The molecule has 0 aromatic rings. The molecule has 0 unspecified atom stereocenters. The van der Waals surface area contributed by atoms with Crippen LogP contribution in [0, 0.1) is 0 Å². The first kappa shape index (κ1) is 15.4. The number of carbonyl (C=O) groups excluding carboxylic acids is 2. The number of carbonyl (C=O) groups is 2. The number of amidine groups is 1. The van der Waals surface area contributed by atoms with Crippen molar-refractivity contribution in [2.45, 2.75) is 46.1 Å². The van der Waals surface area contributed by atoms with Crippen LogP contribution in [0.5, 0.6) is 0 Å². The Balaban J connectivity index is 3.69. The summed E-state index contributed by atoms with van der Waals surface area (Å²) in [6.07, 6.45) is 0.280. The quantitative estimate of drug-likeness (QED) is 0.440. The maximum absolute atomic E-state index is 11.2. The van der Waals surface area contributed by atoms with Crippen molar-refractivity contribution in [3.8, 4) is 0 Å². The van der Waals surface area contributed by atoms with E-state index in [0.29, 0.717) is 13.0 Å². The summed E-state index contributed by atoms with van der Waals surface area (Å²) in [5, 5.41) is 2.55. The molecule has 0 radical (unpaired) electrons. The summed E-state index contributed by atoms with van der Waals surface area (Å²) in [5.41, 5.74) is 4.74. The number of ether oxygens (including phenoxy) is 1. The molecular formula is C11H21N3O3. The zero-order valence-corrected chi connectivity index (χ0v) is 10.9. The maximum Gasteiger partial charge on any atom is 0.407 e. The van der Waals surface area contributed by atoms with Gasteiger partial charge in [0.1, 0.15) is 5.60 Å². The number of rotatable bonds is 4. The summed E-state index contributed by atoms with van der Waals surface area (Å²) in [7, 11) is 0. The van der Waals surface area contributed by atoms with Crippen molar-refractivity contribution in [3.63, 3.8) is 0 Å². The Morgan fingerprint density at radius 1 is 1.35 bits per heavy atom. The second-order valence-corrected chi connectivity index (χ2v) is 4.68. The van der Waals surface area contributed by atoms with Crippen molar-refractivity contribution in [1.82, 2.24) is 5.32 Å². The summed E-state index contributed by atoms with van der Waals surface area (Å²) >= 11 is 0. The van der Waals surface area contributed by atoms with Gasteiger partial charge in [-0.3, -0.25) is 4.79 Å². The summed E-state index contributed by atoms with van der Waals surface area (Å²) in [6, 6.07) is 0. The average molecular weight is 243 g/mol. The molecule has 6 heteroatoms. The van der Waals surface area contributed by atoms with Gasteiger partial charge in [-0.25, -0.2) is 9.79 Å². The highest BCUT2D eigenvalue weighted by molar-refractivity contribution is 5.92. The topological polar surface area (TPSA) is 93.8 Å². The van der Waals surface area contributed by atoms with E-state index in [-0.39, 0.29) is 18.2 Å². The molecule has 0 saturated heterocycles. The highest BCUT2D eigenvalue weighted by Crippen LogP contribution is 2.06. The lowest BCUT2D eigenvalue weighted by Gasteiger charge is -2.19. The Morgan fingerprint density at radius 2 is 1.94 bits per heavy atom. The molecule has 0 aliphatic heterocycles. The average Bonchev–Trinajstić information content (AvgIpc) is 2.08. The molecule has 0 aromatic carbocycles. The van der Waals surface area contributed by atoms with Crippen molar-refractivity contribution in [2.24, 2.45) is 10.7 Å². The molecule has 0 aliphatic carbocycles. The predicted octanol–water partition coefficient (Wildman–Crippen LogP) is 1.19. The molecule has 0 spiro atoms. The lowest BCUT2D eigenvalue weighted by atomic mass is 10.2. The second kappa shape index (κ2) is 6.88. The van der Waals surface area contributed by atoms with Gasteiger partial charge in [0.25, 0.3) is 0 Å². The molecule has 0 atom stereocenters. The fourth-order valence-electron chi connectivity index (χ4n) is 0.997. The van der Waals surface area contributed by atoms with Gasteiger partial charge in [0, 0.05) is 13.0 Å². The molecule has 0 saturated carbocycles.